The van der Waals surface area contributed by atoms with Crippen LogP contribution in [0.2, 0.25) is 0 Å². The predicted octanol–water partition coefficient (Wildman–Crippen LogP) is 4.16. The number of nitrogens with two attached hydrogens (primary N) is 1. The van der Waals surface area contributed by atoms with Crippen LogP contribution < -0.4 is 10.5 Å². The third-order valence-electron chi connectivity index (χ3n) is 4.39. The van der Waals surface area contributed by atoms with E-state index in [-0.39, 0.29) is 6.10 Å². The average molecular weight is 291 g/mol. The van der Waals surface area contributed by atoms with Crippen LogP contribution in [0.4, 0.5) is 0 Å². The highest BCUT2D eigenvalue weighted by Gasteiger charge is 2.32. The van der Waals surface area contributed by atoms with Crippen molar-refractivity contribution in [3.8, 4) is 5.75 Å². The Kier molecular flexibility index (Phi) is 5.03. The number of ether oxygens (including phenoxy) is 1. The van der Waals surface area contributed by atoms with E-state index in [9.17, 15) is 0 Å². The maximum atomic E-state index is 6.32. The molecule has 3 heteroatoms. The topological polar surface area (TPSA) is 35.2 Å². The minimum Gasteiger partial charge on any atom is -0.489 e. The van der Waals surface area contributed by atoms with Gasteiger partial charge < -0.3 is 10.5 Å². The summed E-state index contributed by atoms with van der Waals surface area (Å²) in [5.74, 6) is 2.83. The van der Waals surface area contributed by atoms with E-state index in [4.69, 9.17) is 22.7 Å². The number of thiocarbonyl (C=S) groups is 1. The molecule has 0 spiro atoms. The molecule has 3 atom stereocenters. The van der Waals surface area contributed by atoms with Crippen molar-refractivity contribution < 1.29 is 4.74 Å². The molecule has 1 fully saturated rings. The van der Waals surface area contributed by atoms with Crippen molar-refractivity contribution in [2.75, 3.05) is 0 Å². The molecule has 3 unspecified atom stereocenters. The van der Waals surface area contributed by atoms with Crippen molar-refractivity contribution in [3.05, 3.63) is 29.8 Å². The molecule has 2 nitrogen and oxygen atoms in total. The number of hydrogen-bond donors (Lipinski definition) is 1. The van der Waals surface area contributed by atoms with E-state index in [1.807, 2.05) is 24.3 Å². The Morgan fingerprint density at radius 1 is 1.30 bits per heavy atom. The van der Waals surface area contributed by atoms with Crippen LogP contribution in [0.1, 0.15) is 45.6 Å². The monoisotopic (exact) mass is 291 g/mol. The zero-order valence-corrected chi connectivity index (χ0v) is 13.5. The summed E-state index contributed by atoms with van der Waals surface area (Å²) in [7, 11) is 0. The molecule has 0 bridgehead atoms. The lowest BCUT2D eigenvalue weighted by Gasteiger charge is -2.37. The van der Waals surface area contributed by atoms with Gasteiger partial charge in [0.25, 0.3) is 0 Å². The van der Waals surface area contributed by atoms with Crippen molar-refractivity contribution in [1.82, 2.24) is 0 Å². The van der Waals surface area contributed by atoms with Crippen molar-refractivity contribution in [2.24, 2.45) is 23.5 Å². The minimum absolute atomic E-state index is 0.272. The Labute approximate surface area is 127 Å². The first-order valence-corrected chi connectivity index (χ1v) is 7.95. The van der Waals surface area contributed by atoms with Gasteiger partial charge in [0.2, 0.25) is 0 Å². The number of para-hydroxylation sites is 1. The molecule has 0 saturated heterocycles. The van der Waals surface area contributed by atoms with E-state index < -0.39 is 0 Å². The smallest absolute Gasteiger partial charge is 0.129 e. The van der Waals surface area contributed by atoms with Crippen LogP contribution in [-0.2, 0) is 0 Å². The Morgan fingerprint density at radius 2 is 2.00 bits per heavy atom. The molecule has 1 aliphatic carbocycles. The van der Waals surface area contributed by atoms with Gasteiger partial charge in [0, 0.05) is 0 Å². The van der Waals surface area contributed by atoms with Gasteiger partial charge >= 0.3 is 0 Å². The van der Waals surface area contributed by atoms with Crippen LogP contribution in [0.3, 0.4) is 0 Å². The summed E-state index contributed by atoms with van der Waals surface area (Å²) in [6.07, 6.45) is 3.95. The highest BCUT2D eigenvalue weighted by molar-refractivity contribution is 7.80. The lowest BCUT2D eigenvalue weighted by atomic mass is 9.75. The van der Waals surface area contributed by atoms with Gasteiger partial charge in [-0.05, 0) is 42.7 Å². The maximum Gasteiger partial charge on any atom is 0.129 e. The van der Waals surface area contributed by atoms with Gasteiger partial charge in [0.05, 0.1) is 5.56 Å². The molecule has 0 aliphatic heterocycles. The summed E-state index contributed by atoms with van der Waals surface area (Å²) < 4.78 is 6.32. The van der Waals surface area contributed by atoms with Gasteiger partial charge in [-0.3, -0.25) is 0 Å². The highest BCUT2D eigenvalue weighted by Crippen LogP contribution is 2.36. The Balaban J connectivity index is 2.20. The molecule has 1 aromatic carbocycles. The van der Waals surface area contributed by atoms with Gasteiger partial charge in [-0.1, -0.05) is 51.5 Å². The molecule has 1 aromatic rings. The summed E-state index contributed by atoms with van der Waals surface area (Å²) in [4.78, 5) is 0.408. The van der Waals surface area contributed by atoms with E-state index in [1.165, 1.54) is 12.8 Å². The Morgan fingerprint density at radius 3 is 2.65 bits per heavy atom. The third-order valence-corrected chi connectivity index (χ3v) is 4.61. The second-order valence-electron chi connectivity index (χ2n) is 6.34. The second kappa shape index (κ2) is 6.57. The first-order chi connectivity index (χ1) is 9.49. The summed E-state index contributed by atoms with van der Waals surface area (Å²) in [6.45, 7) is 6.89. The van der Waals surface area contributed by atoms with E-state index in [1.54, 1.807) is 0 Å². The molecule has 2 N–H and O–H groups in total. The van der Waals surface area contributed by atoms with Gasteiger partial charge in [-0.2, -0.15) is 0 Å². The molecule has 0 heterocycles. The SMILES string of the molecule is CC1CCC(C(C)C)C(Oc2ccccc2C(N)=S)C1. The second-order valence-corrected chi connectivity index (χ2v) is 6.78. The molecule has 0 aromatic heterocycles. The molecule has 1 saturated carbocycles. The van der Waals surface area contributed by atoms with E-state index in [0.29, 0.717) is 16.8 Å². The maximum absolute atomic E-state index is 6.32. The number of benzene rings is 1. The van der Waals surface area contributed by atoms with Gasteiger partial charge in [0.1, 0.15) is 16.8 Å². The molecule has 0 amide bonds. The lowest BCUT2D eigenvalue weighted by molar-refractivity contribution is 0.0459. The fourth-order valence-corrected chi connectivity index (χ4v) is 3.35. The van der Waals surface area contributed by atoms with Crippen LogP contribution in [0, 0.1) is 17.8 Å². The van der Waals surface area contributed by atoms with Gasteiger partial charge in [-0.15, -0.1) is 0 Å². The van der Waals surface area contributed by atoms with Crippen LogP contribution >= 0.6 is 12.2 Å². The summed E-state index contributed by atoms with van der Waals surface area (Å²) >= 11 is 5.12. The fourth-order valence-electron chi connectivity index (χ4n) is 3.19. The third kappa shape index (κ3) is 3.51. The van der Waals surface area contributed by atoms with Gasteiger partial charge in [0.15, 0.2) is 0 Å². The quantitative estimate of drug-likeness (QED) is 0.846. The molecular weight excluding hydrogens is 266 g/mol. The normalized spacial score (nSPS) is 26.5. The van der Waals surface area contributed by atoms with Gasteiger partial charge in [-0.25, -0.2) is 0 Å². The summed E-state index contributed by atoms with van der Waals surface area (Å²) in [5, 5.41) is 0. The minimum atomic E-state index is 0.272. The number of hydrogen-bond acceptors (Lipinski definition) is 2. The van der Waals surface area contributed by atoms with Crippen LogP contribution in [0.15, 0.2) is 24.3 Å². The number of rotatable bonds is 4. The first kappa shape index (κ1) is 15.3. The molecule has 2 rings (SSSR count). The first-order valence-electron chi connectivity index (χ1n) is 7.54. The predicted molar refractivity (Wildman–Crippen MR) is 88.1 cm³/mol. The molecule has 20 heavy (non-hydrogen) atoms. The zero-order valence-electron chi connectivity index (χ0n) is 12.6. The summed E-state index contributed by atoms with van der Waals surface area (Å²) in [5.41, 5.74) is 6.64. The van der Waals surface area contributed by atoms with Crippen molar-refractivity contribution in [2.45, 2.75) is 46.1 Å². The average Bonchev–Trinajstić information content (AvgIpc) is 2.38. The Bertz CT molecular complexity index is 472. The Hall–Kier alpha value is -1.09. The van der Waals surface area contributed by atoms with Crippen molar-refractivity contribution >= 4 is 17.2 Å². The summed E-state index contributed by atoms with van der Waals surface area (Å²) in [6, 6.07) is 7.85. The molecule has 110 valence electrons. The molecule has 0 radical (unpaired) electrons. The van der Waals surface area contributed by atoms with E-state index in [2.05, 4.69) is 20.8 Å². The standard InChI is InChI=1S/C17H25NOS/c1-11(2)13-9-8-12(3)10-16(13)19-15-7-5-4-6-14(15)17(18)20/h4-7,11-13,16H,8-10H2,1-3H3,(H2,18,20). The van der Waals surface area contributed by atoms with E-state index >= 15 is 0 Å². The molecular formula is C17H25NOS. The van der Waals surface area contributed by atoms with Crippen LogP contribution in [0.5, 0.6) is 5.75 Å². The van der Waals surface area contributed by atoms with Crippen molar-refractivity contribution in [1.29, 1.82) is 0 Å². The van der Waals surface area contributed by atoms with E-state index in [0.717, 1.165) is 23.7 Å². The van der Waals surface area contributed by atoms with Crippen LogP contribution in [0.25, 0.3) is 0 Å². The zero-order chi connectivity index (χ0) is 14.7. The van der Waals surface area contributed by atoms with Crippen molar-refractivity contribution in [3.63, 3.8) is 0 Å². The van der Waals surface area contributed by atoms with Crippen LogP contribution in [-0.4, -0.2) is 11.1 Å². The lowest BCUT2D eigenvalue weighted by Crippen LogP contribution is -2.36. The largest absolute Gasteiger partial charge is 0.489 e. The highest BCUT2D eigenvalue weighted by atomic mass is 32.1. The molecule has 1 aliphatic rings. The fraction of sp³-hybridized carbons (Fsp3) is 0.588.